The Morgan fingerprint density at radius 2 is 1.82 bits per heavy atom. The molecule has 0 N–H and O–H groups in total. The van der Waals surface area contributed by atoms with Crippen LogP contribution < -0.4 is 4.74 Å². The number of nitrogens with zero attached hydrogens (tertiary/aromatic N) is 1. The van der Waals surface area contributed by atoms with Crippen LogP contribution in [0.3, 0.4) is 0 Å². The first kappa shape index (κ1) is 14.6. The number of hydrogen-bond donors (Lipinski definition) is 0. The molecule has 4 heteroatoms. The molecule has 1 fully saturated rings. The van der Waals surface area contributed by atoms with Gasteiger partial charge in [0.15, 0.2) is 0 Å². The van der Waals surface area contributed by atoms with E-state index in [2.05, 4.69) is 0 Å². The number of methoxy groups -OCH3 is 1. The van der Waals surface area contributed by atoms with Crippen molar-refractivity contribution in [3.8, 4) is 5.75 Å². The van der Waals surface area contributed by atoms with Crippen LogP contribution in [0.15, 0.2) is 48.5 Å². The number of halogens is 1. The highest BCUT2D eigenvalue weighted by Gasteiger charge is 2.30. The van der Waals surface area contributed by atoms with Crippen LogP contribution >= 0.6 is 0 Å². The third-order valence-corrected chi connectivity index (χ3v) is 4.11. The van der Waals surface area contributed by atoms with E-state index in [1.165, 1.54) is 12.1 Å². The Hall–Kier alpha value is -2.36. The molecular formula is C18H18FNO2. The SMILES string of the molecule is COc1ccc(C(=O)N2CCCC2c2ccc(F)cc2)cc1. The van der Waals surface area contributed by atoms with Gasteiger partial charge in [-0.3, -0.25) is 4.79 Å². The lowest BCUT2D eigenvalue weighted by Crippen LogP contribution is -2.30. The zero-order chi connectivity index (χ0) is 15.5. The highest BCUT2D eigenvalue weighted by atomic mass is 19.1. The number of rotatable bonds is 3. The maximum Gasteiger partial charge on any atom is 0.254 e. The molecule has 1 aliphatic heterocycles. The Bertz CT molecular complexity index is 652. The quantitative estimate of drug-likeness (QED) is 0.862. The van der Waals surface area contributed by atoms with E-state index in [0.717, 1.165) is 30.7 Å². The van der Waals surface area contributed by atoms with E-state index in [1.807, 2.05) is 4.90 Å². The molecule has 3 nitrogen and oxygen atoms in total. The molecule has 1 saturated heterocycles. The summed E-state index contributed by atoms with van der Waals surface area (Å²) < 4.78 is 18.2. The maximum atomic E-state index is 13.1. The van der Waals surface area contributed by atoms with Gasteiger partial charge in [-0.2, -0.15) is 0 Å². The summed E-state index contributed by atoms with van der Waals surface area (Å²) in [6, 6.07) is 13.6. The van der Waals surface area contributed by atoms with Gasteiger partial charge >= 0.3 is 0 Å². The number of carbonyl (C=O) groups excluding carboxylic acids is 1. The van der Waals surface area contributed by atoms with Gasteiger partial charge < -0.3 is 9.64 Å². The summed E-state index contributed by atoms with van der Waals surface area (Å²) in [6.45, 7) is 0.729. The van der Waals surface area contributed by atoms with Crippen molar-refractivity contribution in [2.75, 3.05) is 13.7 Å². The smallest absolute Gasteiger partial charge is 0.254 e. The normalized spacial score (nSPS) is 17.5. The molecule has 2 aromatic carbocycles. The molecule has 2 aromatic rings. The van der Waals surface area contributed by atoms with Crippen molar-refractivity contribution in [2.24, 2.45) is 0 Å². The van der Waals surface area contributed by atoms with Gasteiger partial charge in [0, 0.05) is 12.1 Å². The van der Waals surface area contributed by atoms with Crippen LogP contribution in [0.2, 0.25) is 0 Å². The monoisotopic (exact) mass is 299 g/mol. The molecule has 1 amide bonds. The molecule has 0 bridgehead atoms. The standard InChI is InChI=1S/C18H18FNO2/c1-22-16-10-6-14(7-11-16)18(21)20-12-2-3-17(20)13-4-8-15(19)9-5-13/h4-11,17H,2-3,12H2,1H3. The number of likely N-dealkylation sites (tertiary alicyclic amines) is 1. The molecule has 0 radical (unpaired) electrons. The van der Waals surface area contributed by atoms with Gasteiger partial charge in [0.05, 0.1) is 13.2 Å². The fourth-order valence-electron chi connectivity index (χ4n) is 2.94. The minimum atomic E-state index is -0.255. The van der Waals surface area contributed by atoms with Crippen molar-refractivity contribution in [3.05, 3.63) is 65.5 Å². The maximum absolute atomic E-state index is 13.1. The molecule has 1 atom stereocenters. The van der Waals surface area contributed by atoms with Crippen molar-refractivity contribution >= 4 is 5.91 Å². The summed E-state index contributed by atoms with van der Waals surface area (Å²) in [5.74, 6) is 0.484. The highest BCUT2D eigenvalue weighted by molar-refractivity contribution is 5.94. The predicted octanol–water partition coefficient (Wildman–Crippen LogP) is 3.81. The van der Waals surface area contributed by atoms with Crippen molar-refractivity contribution in [3.63, 3.8) is 0 Å². The van der Waals surface area contributed by atoms with Gasteiger partial charge in [-0.25, -0.2) is 4.39 Å². The summed E-state index contributed by atoms with van der Waals surface area (Å²) >= 11 is 0. The zero-order valence-corrected chi connectivity index (χ0v) is 12.5. The second-order valence-corrected chi connectivity index (χ2v) is 5.44. The van der Waals surface area contributed by atoms with Gasteiger partial charge in [-0.15, -0.1) is 0 Å². The van der Waals surface area contributed by atoms with Gasteiger partial charge in [0.1, 0.15) is 11.6 Å². The number of ether oxygens (including phenoxy) is 1. The summed E-state index contributed by atoms with van der Waals surface area (Å²) in [5.41, 5.74) is 1.63. The molecular weight excluding hydrogens is 281 g/mol. The summed E-state index contributed by atoms with van der Waals surface area (Å²) in [7, 11) is 1.60. The lowest BCUT2D eigenvalue weighted by atomic mass is 10.0. The third-order valence-electron chi connectivity index (χ3n) is 4.11. The van der Waals surface area contributed by atoms with Crippen LogP contribution in [-0.2, 0) is 0 Å². The zero-order valence-electron chi connectivity index (χ0n) is 12.5. The number of amides is 1. The van der Waals surface area contributed by atoms with Gasteiger partial charge in [-0.05, 0) is 54.8 Å². The van der Waals surface area contributed by atoms with Crippen molar-refractivity contribution in [2.45, 2.75) is 18.9 Å². The summed E-state index contributed by atoms with van der Waals surface area (Å²) in [5, 5.41) is 0. The molecule has 1 heterocycles. The van der Waals surface area contributed by atoms with Gasteiger partial charge in [0.2, 0.25) is 0 Å². The first-order chi connectivity index (χ1) is 10.7. The molecule has 114 valence electrons. The van der Waals surface area contributed by atoms with Crippen molar-refractivity contribution in [1.29, 1.82) is 0 Å². The second-order valence-electron chi connectivity index (χ2n) is 5.44. The Morgan fingerprint density at radius 1 is 1.14 bits per heavy atom. The largest absolute Gasteiger partial charge is 0.497 e. The first-order valence-electron chi connectivity index (χ1n) is 7.39. The lowest BCUT2D eigenvalue weighted by molar-refractivity contribution is 0.0735. The summed E-state index contributed by atoms with van der Waals surface area (Å²) in [4.78, 5) is 14.6. The Kier molecular flexibility index (Phi) is 4.09. The van der Waals surface area contributed by atoms with E-state index in [4.69, 9.17) is 4.74 Å². The van der Waals surface area contributed by atoms with Crippen LogP contribution in [0, 0.1) is 5.82 Å². The molecule has 22 heavy (non-hydrogen) atoms. The van der Waals surface area contributed by atoms with Crippen LogP contribution in [-0.4, -0.2) is 24.5 Å². The van der Waals surface area contributed by atoms with E-state index < -0.39 is 0 Å². The van der Waals surface area contributed by atoms with Gasteiger partial charge in [0.25, 0.3) is 5.91 Å². The van der Waals surface area contributed by atoms with Crippen LogP contribution in [0.4, 0.5) is 4.39 Å². The molecule has 1 unspecified atom stereocenters. The third kappa shape index (κ3) is 2.82. The minimum Gasteiger partial charge on any atom is -0.497 e. The molecule has 1 aliphatic rings. The molecule has 0 aromatic heterocycles. The van der Waals surface area contributed by atoms with Crippen LogP contribution in [0.1, 0.15) is 34.8 Å². The van der Waals surface area contributed by atoms with E-state index >= 15 is 0 Å². The molecule has 3 rings (SSSR count). The summed E-state index contributed by atoms with van der Waals surface area (Å²) in [6.07, 6.45) is 1.87. The predicted molar refractivity (Wildman–Crippen MR) is 82.4 cm³/mol. The molecule has 0 spiro atoms. The topological polar surface area (TPSA) is 29.5 Å². The lowest BCUT2D eigenvalue weighted by Gasteiger charge is -2.25. The minimum absolute atomic E-state index is 0.00878. The van der Waals surface area contributed by atoms with E-state index in [9.17, 15) is 9.18 Å². The van der Waals surface area contributed by atoms with E-state index in [1.54, 1.807) is 43.5 Å². The second kappa shape index (κ2) is 6.18. The fraction of sp³-hybridized carbons (Fsp3) is 0.278. The average molecular weight is 299 g/mol. The van der Waals surface area contributed by atoms with Crippen molar-refractivity contribution in [1.82, 2.24) is 4.90 Å². The Balaban J connectivity index is 1.82. The Labute approximate surface area is 129 Å². The van der Waals surface area contributed by atoms with Crippen molar-refractivity contribution < 1.29 is 13.9 Å². The Morgan fingerprint density at radius 3 is 2.45 bits per heavy atom. The fourth-order valence-corrected chi connectivity index (χ4v) is 2.94. The number of hydrogen-bond acceptors (Lipinski definition) is 2. The van der Waals surface area contributed by atoms with Crippen LogP contribution in [0.25, 0.3) is 0 Å². The van der Waals surface area contributed by atoms with Crippen LogP contribution in [0.5, 0.6) is 5.75 Å². The average Bonchev–Trinajstić information content (AvgIpc) is 3.04. The van der Waals surface area contributed by atoms with Gasteiger partial charge in [-0.1, -0.05) is 12.1 Å². The molecule has 0 aliphatic carbocycles. The van der Waals surface area contributed by atoms with E-state index in [0.29, 0.717) is 5.56 Å². The number of carbonyl (C=O) groups is 1. The molecule has 0 saturated carbocycles. The highest BCUT2D eigenvalue weighted by Crippen LogP contribution is 2.33. The number of benzene rings is 2. The van der Waals surface area contributed by atoms with E-state index in [-0.39, 0.29) is 17.8 Å². The first-order valence-corrected chi connectivity index (χ1v) is 7.39.